The maximum absolute atomic E-state index is 3.92. The molecular formula is C8H14N4. The highest BCUT2D eigenvalue weighted by Gasteiger charge is 2.18. The second kappa shape index (κ2) is 3.25. The van der Waals surface area contributed by atoms with Crippen LogP contribution in [-0.4, -0.2) is 29.3 Å². The molecule has 1 aliphatic heterocycles. The Labute approximate surface area is 71.7 Å². The van der Waals surface area contributed by atoms with Crippen molar-refractivity contribution in [2.24, 2.45) is 0 Å². The molecule has 2 rings (SSSR count). The summed E-state index contributed by atoms with van der Waals surface area (Å²) in [5, 5.41) is 13.6. The molecule has 0 aromatic carbocycles. The van der Waals surface area contributed by atoms with E-state index in [4.69, 9.17) is 0 Å². The van der Waals surface area contributed by atoms with Crippen molar-refractivity contribution in [1.82, 2.24) is 20.8 Å². The normalized spacial score (nSPS) is 30.4. The Bertz CT molecular complexity index is 223. The van der Waals surface area contributed by atoms with Gasteiger partial charge in [0.25, 0.3) is 0 Å². The molecule has 2 atom stereocenters. The lowest BCUT2D eigenvalue weighted by molar-refractivity contribution is 0.367. The van der Waals surface area contributed by atoms with E-state index in [2.05, 4.69) is 27.8 Å². The minimum atomic E-state index is 0.417. The summed E-state index contributed by atoms with van der Waals surface area (Å²) in [6, 6.07) is 0.994. The van der Waals surface area contributed by atoms with E-state index < -0.39 is 0 Å². The fourth-order valence-corrected chi connectivity index (χ4v) is 1.47. The van der Waals surface area contributed by atoms with Crippen molar-refractivity contribution in [2.45, 2.75) is 19.0 Å². The average molecular weight is 166 g/mol. The van der Waals surface area contributed by atoms with Crippen LogP contribution in [0.3, 0.4) is 0 Å². The molecule has 66 valence electrons. The summed E-state index contributed by atoms with van der Waals surface area (Å²) in [5.74, 6) is 0. The van der Waals surface area contributed by atoms with Crippen LogP contribution in [0.5, 0.6) is 0 Å². The van der Waals surface area contributed by atoms with Gasteiger partial charge in [0.2, 0.25) is 0 Å². The van der Waals surface area contributed by atoms with Crippen molar-refractivity contribution < 1.29 is 0 Å². The van der Waals surface area contributed by atoms with Crippen molar-refractivity contribution in [1.29, 1.82) is 0 Å². The Hall–Kier alpha value is -0.870. The second-order valence-corrected chi connectivity index (χ2v) is 3.30. The van der Waals surface area contributed by atoms with Crippen LogP contribution in [0.1, 0.15) is 18.5 Å². The predicted octanol–water partition coefficient (Wildman–Crippen LogP) is 0.0321. The third-order valence-electron chi connectivity index (χ3n) is 2.26. The number of hydrogen-bond acceptors (Lipinski definition) is 3. The standard InChI is InChI=1S/C8H14N4/c1-6-2-10-8(5-9-6)7-3-11-12-4-7/h3-4,6,8-10H,2,5H2,1H3,(H,11,12). The van der Waals surface area contributed by atoms with E-state index in [9.17, 15) is 0 Å². The van der Waals surface area contributed by atoms with E-state index in [0.29, 0.717) is 12.1 Å². The highest BCUT2D eigenvalue weighted by molar-refractivity contribution is 5.11. The number of nitrogens with zero attached hydrogens (tertiary/aromatic N) is 1. The van der Waals surface area contributed by atoms with Gasteiger partial charge >= 0.3 is 0 Å². The second-order valence-electron chi connectivity index (χ2n) is 3.30. The number of hydrogen-bond donors (Lipinski definition) is 3. The molecular weight excluding hydrogens is 152 g/mol. The molecule has 1 aliphatic rings. The van der Waals surface area contributed by atoms with Gasteiger partial charge in [0, 0.05) is 36.9 Å². The van der Waals surface area contributed by atoms with E-state index in [-0.39, 0.29) is 0 Å². The number of rotatable bonds is 1. The zero-order chi connectivity index (χ0) is 8.39. The molecule has 4 heteroatoms. The Morgan fingerprint density at radius 3 is 2.92 bits per heavy atom. The number of nitrogens with one attached hydrogen (secondary N) is 3. The Morgan fingerprint density at radius 2 is 2.33 bits per heavy atom. The molecule has 0 amide bonds. The van der Waals surface area contributed by atoms with Gasteiger partial charge in [-0.2, -0.15) is 5.10 Å². The third kappa shape index (κ3) is 1.49. The largest absolute Gasteiger partial charge is 0.311 e. The zero-order valence-corrected chi connectivity index (χ0v) is 7.17. The first kappa shape index (κ1) is 7.76. The minimum absolute atomic E-state index is 0.417. The van der Waals surface area contributed by atoms with Crippen LogP contribution >= 0.6 is 0 Å². The molecule has 1 aromatic heterocycles. The lowest BCUT2D eigenvalue weighted by Gasteiger charge is -2.28. The van der Waals surface area contributed by atoms with E-state index in [1.807, 2.05) is 12.4 Å². The molecule has 4 nitrogen and oxygen atoms in total. The van der Waals surface area contributed by atoms with Gasteiger partial charge in [0.15, 0.2) is 0 Å². The number of aromatic nitrogens is 2. The van der Waals surface area contributed by atoms with Gasteiger partial charge in [0.1, 0.15) is 0 Å². The van der Waals surface area contributed by atoms with Crippen LogP contribution in [0, 0.1) is 0 Å². The highest BCUT2D eigenvalue weighted by Crippen LogP contribution is 2.11. The molecule has 0 aliphatic carbocycles. The van der Waals surface area contributed by atoms with Crippen LogP contribution in [-0.2, 0) is 0 Å². The highest BCUT2D eigenvalue weighted by atomic mass is 15.1. The lowest BCUT2D eigenvalue weighted by atomic mass is 10.1. The van der Waals surface area contributed by atoms with E-state index in [1.54, 1.807) is 0 Å². The summed E-state index contributed by atoms with van der Waals surface area (Å²) < 4.78 is 0. The molecule has 1 fully saturated rings. The summed E-state index contributed by atoms with van der Waals surface area (Å²) in [6.07, 6.45) is 3.81. The predicted molar refractivity (Wildman–Crippen MR) is 46.8 cm³/mol. The van der Waals surface area contributed by atoms with Crippen LogP contribution in [0.2, 0.25) is 0 Å². The van der Waals surface area contributed by atoms with Crippen molar-refractivity contribution in [2.75, 3.05) is 13.1 Å². The van der Waals surface area contributed by atoms with Crippen molar-refractivity contribution in [3.8, 4) is 0 Å². The quantitative estimate of drug-likeness (QED) is 0.552. The lowest BCUT2D eigenvalue weighted by Crippen LogP contribution is -2.48. The molecule has 0 saturated carbocycles. The smallest absolute Gasteiger partial charge is 0.0535 e. The van der Waals surface area contributed by atoms with Crippen molar-refractivity contribution in [3.63, 3.8) is 0 Å². The summed E-state index contributed by atoms with van der Waals surface area (Å²) in [6.45, 7) is 4.19. The van der Waals surface area contributed by atoms with Crippen molar-refractivity contribution in [3.05, 3.63) is 18.0 Å². The van der Waals surface area contributed by atoms with Gasteiger partial charge in [-0.15, -0.1) is 0 Å². The first-order valence-corrected chi connectivity index (χ1v) is 4.31. The molecule has 1 aromatic rings. The van der Waals surface area contributed by atoms with Gasteiger partial charge in [0.05, 0.1) is 6.20 Å². The van der Waals surface area contributed by atoms with Gasteiger partial charge in [-0.05, 0) is 6.92 Å². The van der Waals surface area contributed by atoms with Gasteiger partial charge < -0.3 is 10.6 Å². The number of aromatic amines is 1. The molecule has 1 saturated heterocycles. The fraction of sp³-hybridized carbons (Fsp3) is 0.625. The molecule has 12 heavy (non-hydrogen) atoms. The monoisotopic (exact) mass is 166 g/mol. The summed E-state index contributed by atoms with van der Waals surface area (Å²) in [4.78, 5) is 0. The van der Waals surface area contributed by atoms with Crippen LogP contribution in [0.25, 0.3) is 0 Å². The van der Waals surface area contributed by atoms with Gasteiger partial charge in [-0.1, -0.05) is 0 Å². The number of H-pyrrole nitrogens is 1. The first-order chi connectivity index (χ1) is 5.86. The van der Waals surface area contributed by atoms with E-state index >= 15 is 0 Å². The summed E-state index contributed by atoms with van der Waals surface area (Å²) in [5.41, 5.74) is 1.23. The van der Waals surface area contributed by atoms with Crippen LogP contribution in [0.15, 0.2) is 12.4 Å². The summed E-state index contributed by atoms with van der Waals surface area (Å²) >= 11 is 0. The molecule has 2 heterocycles. The summed E-state index contributed by atoms with van der Waals surface area (Å²) in [7, 11) is 0. The fourth-order valence-electron chi connectivity index (χ4n) is 1.47. The van der Waals surface area contributed by atoms with E-state index in [0.717, 1.165) is 13.1 Å². The maximum atomic E-state index is 3.92. The minimum Gasteiger partial charge on any atom is -0.311 e. The SMILES string of the molecule is CC1CNC(c2cn[nH]c2)CN1. The van der Waals surface area contributed by atoms with Gasteiger partial charge in [-0.3, -0.25) is 5.10 Å². The zero-order valence-electron chi connectivity index (χ0n) is 7.17. The number of piperazine rings is 1. The molecule has 0 bridgehead atoms. The maximum Gasteiger partial charge on any atom is 0.0535 e. The molecule has 0 radical (unpaired) electrons. The third-order valence-corrected chi connectivity index (χ3v) is 2.26. The molecule has 3 N–H and O–H groups in total. The molecule has 0 spiro atoms. The Morgan fingerprint density at radius 1 is 1.42 bits per heavy atom. The van der Waals surface area contributed by atoms with Crippen LogP contribution < -0.4 is 10.6 Å². The molecule has 2 unspecified atom stereocenters. The topological polar surface area (TPSA) is 52.7 Å². The first-order valence-electron chi connectivity index (χ1n) is 4.31. The Balaban J connectivity index is 1.99. The van der Waals surface area contributed by atoms with Crippen LogP contribution in [0.4, 0.5) is 0 Å². The Kier molecular flexibility index (Phi) is 2.10. The van der Waals surface area contributed by atoms with Gasteiger partial charge in [-0.25, -0.2) is 0 Å². The average Bonchev–Trinajstić information content (AvgIpc) is 2.58. The van der Waals surface area contributed by atoms with E-state index in [1.165, 1.54) is 5.56 Å². The van der Waals surface area contributed by atoms with Crippen molar-refractivity contribution >= 4 is 0 Å².